The Balaban J connectivity index is 1.50. The average molecular weight is 294 g/mol. The summed E-state index contributed by atoms with van der Waals surface area (Å²) in [7, 11) is 0. The number of nitrogens with zero attached hydrogens (tertiary/aromatic N) is 1. The van der Waals surface area contributed by atoms with Gasteiger partial charge in [0.15, 0.2) is 0 Å². The van der Waals surface area contributed by atoms with Crippen molar-refractivity contribution in [1.82, 2.24) is 4.98 Å². The summed E-state index contributed by atoms with van der Waals surface area (Å²) in [6.45, 7) is 0.631. The number of benzene rings is 2. The maximum Gasteiger partial charge on any atom is 0.119 e. The number of aromatic nitrogens is 1. The van der Waals surface area contributed by atoms with E-state index in [4.69, 9.17) is 10.00 Å². The van der Waals surface area contributed by atoms with E-state index in [1.165, 1.54) is 5.39 Å². The zero-order chi connectivity index (χ0) is 14.5. The van der Waals surface area contributed by atoms with E-state index in [0.29, 0.717) is 12.2 Å². The lowest BCUT2D eigenvalue weighted by Crippen LogP contribution is -1.99. The summed E-state index contributed by atoms with van der Waals surface area (Å²) in [5, 5.41) is 11.1. The highest BCUT2D eigenvalue weighted by atomic mass is 32.2. The monoisotopic (exact) mass is 294 g/mol. The van der Waals surface area contributed by atoms with Gasteiger partial charge in [-0.2, -0.15) is 5.26 Å². The second-order valence-electron chi connectivity index (χ2n) is 4.55. The second-order valence-corrected chi connectivity index (χ2v) is 5.69. The summed E-state index contributed by atoms with van der Waals surface area (Å²) < 4.78 is 5.66. The van der Waals surface area contributed by atoms with Gasteiger partial charge in [0, 0.05) is 16.7 Å². The van der Waals surface area contributed by atoms with Gasteiger partial charge < -0.3 is 9.72 Å². The van der Waals surface area contributed by atoms with Gasteiger partial charge in [0.1, 0.15) is 5.75 Å². The van der Waals surface area contributed by atoms with Crippen LogP contribution in [0.5, 0.6) is 5.75 Å². The van der Waals surface area contributed by atoms with Gasteiger partial charge in [0.2, 0.25) is 0 Å². The molecule has 104 valence electrons. The molecule has 0 saturated carbocycles. The van der Waals surface area contributed by atoms with Gasteiger partial charge in [-0.25, -0.2) is 0 Å². The van der Waals surface area contributed by atoms with Crippen LogP contribution in [0.4, 0.5) is 0 Å². The Kier molecular flexibility index (Phi) is 4.13. The Morgan fingerprint density at radius 2 is 1.90 bits per heavy atom. The van der Waals surface area contributed by atoms with Gasteiger partial charge >= 0.3 is 0 Å². The molecule has 0 aliphatic carbocycles. The van der Waals surface area contributed by atoms with E-state index >= 15 is 0 Å². The largest absolute Gasteiger partial charge is 0.493 e. The number of nitrogens with one attached hydrogen (secondary N) is 1. The van der Waals surface area contributed by atoms with Crippen LogP contribution in [0.1, 0.15) is 5.56 Å². The van der Waals surface area contributed by atoms with Crippen LogP contribution in [0, 0.1) is 11.3 Å². The highest BCUT2D eigenvalue weighted by Crippen LogP contribution is 2.23. The Labute approximate surface area is 127 Å². The van der Waals surface area contributed by atoms with Gasteiger partial charge in [-0.15, -0.1) is 11.8 Å². The van der Waals surface area contributed by atoms with E-state index < -0.39 is 0 Å². The minimum absolute atomic E-state index is 0.631. The number of hydrogen-bond acceptors (Lipinski definition) is 3. The Bertz CT molecular complexity index is 738. The van der Waals surface area contributed by atoms with Gasteiger partial charge in [-0.3, -0.25) is 0 Å². The number of para-hydroxylation sites is 1. The average Bonchev–Trinajstić information content (AvgIpc) is 2.95. The van der Waals surface area contributed by atoms with Crippen LogP contribution >= 0.6 is 11.8 Å². The van der Waals surface area contributed by atoms with Crippen LogP contribution in [-0.4, -0.2) is 17.3 Å². The maximum absolute atomic E-state index is 8.73. The molecule has 0 amide bonds. The molecule has 1 aromatic heterocycles. The summed E-state index contributed by atoms with van der Waals surface area (Å²) >= 11 is 1.74. The molecule has 0 unspecified atom stereocenters. The lowest BCUT2D eigenvalue weighted by Gasteiger charge is -2.05. The van der Waals surface area contributed by atoms with Crippen molar-refractivity contribution in [1.29, 1.82) is 5.26 Å². The number of H-pyrrole nitrogens is 1. The Hall–Kier alpha value is -2.38. The number of nitriles is 1. The molecular formula is C17H14N2OS. The van der Waals surface area contributed by atoms with Gasteiger partial charge in [0.05, 0.1) is 23.3 Å². The van der Waals surface area contributed by atoms with Crippen molar-refractivity contribution < 1.29 is 4.74 Å². The first-order valence-corrected chi connectivity index (χ1v) is 7.67. The highest BCUT2D eigenvalue weighted by molar-refractivity contribution is 7.99. The number of rotatable bonds is 5. The zero-order valence-corrected chi connectivity index (χ0v) is 12.2. The number of hydrogen-bond donors (Lipinski definition) is 1. The molecule has 3 rings (SSSR count). The number of fused-ring (bicyclic) bond motifs is 1. The van der Waals surface area contributed by atoms with Gasteiger partial charge in [-0.05, 0) is 36.4 Å². The van der Waals surface area contributed by atoms with Crippen LogP contribution in [0.2, 0.25) is 0 Å². The van der Waals surface area contributed by atoms with E-state index in [1.807, 2.05) is 24.3 Å². The predicted octanol–water partition coefficient (Wildman–Crippen LogP) is 4.21. The number of ether oxygens (including phenoxy) is 1. The molecule has 0 spiro atoms. The minimum Gasteiger partial charge on any atom is -0.493 e. The summed E-state index contributed by atoms with van der Waals surface area (Å²) in [5.41, 5.74) is 1.81. The summed E-state index contributed by atoms with van der Waals surface area (Å²) in [4.78, 5) is 3.38. The normalized spacial score (nSPS) is 10.4. The molecule has 0 saturated heterocycles. The Morgan fingerprint density at radius 1 is 1.10 bits per heavy atom. The fraction of sp³-hybridized carbons (Fsp3) is 0.118. The fourth-order valence-electron chi connectivity index (χ4n) is 2.06. The predicted molar refractivity (Wildman–Crippen MR) is 85.7 cm³/mol. The van der Waals surface area contributed by atoms with Crippen molar-refractivity contribution in [3.63, 3.8) is 0 Å². The molecule has 3 nitrogen and oxygen atoms in total. The molecule has 0 atom stereocenters. The third-order valence-electron chi connectivity index (χ3n) is 3.10. The molecule has 4 heteroatoms. The van der Waals surface area contributed by atoms with E-state index in [-0.39, 0.29) is 0 Å². The molecule has 1 N–H and O–H groups in total. The molecule has 0 aliphatic rings. The quantitative estimate of drug-likeness (QED) is 0.566. The van der Waals surface area contributed by atoms with Gasteiger partial charge in [-0.1, -0.05) is 18.2 Å². The molecule has 2 aromatic carbocycles. The van der Waals surface area contributed by atoms with Crippen molar-refractivity contribution in [2.45, 2.75) is 5.03 Å². The van der Waals surface area contributed by atoms with Crippen molar-refractivity contribution in [3.05, 3.63) is 60.2 Å². The molecule has 0 radical (unpaired) electrons. The van der Waals surface area contributed by atoms with Crippen molar-refractivity contribution in [2.24, 2.45) is 0 Å². The van der Waals surface area contributed by atoms with Crippen LogP contribution in [-0.2, 0) is 0 Å². The summed E-state index contributed by atoms with van der Waals surface area (Å²) in [5.74, 6) is 1.67. The Morgan fingerprint density at radius 3 is 2.67 bits per heavy atom. The molecule has 0 aliphatic heterocycles. The van der Waals surface area contributed by atoms with E-state index in [1.54, 1.807) is 23.9 Å². The first-order chi connectivity index (χ1) is 10.3. The third-order valence-corrected chi connectivity index (χ3v) is 4.00. The first-order valence-electron chi connectivity index (χ1n) is 6.69. The van der Waals surface area contributed by atoms with Crippen molar-refractivity contribution in [3.8, 4) is 11.8 Å². The molecule has 1 heterocycles. The van der Waals surface area contributed by atoms with E-state index in [9.17, 15) is 0 Å². The second kappa shape index (κ2) is 6.38. The standard InChI is InChI=1S/C17H14N2OS/c18-12-13-5-7-15(8-6-13)20-9-10-21-17-11-14-3-1-2-4-16(14)19-17/h1-8,11,19H,9-10H2. The zero-order valence-electron chi connectivity index (χ0n) is 11.4. The highest BCUT2D eigenvalue weighted by Gasteiger charge is 2.01. The van der Waals surface area contributed by atoms with E-state index in [0.717, 1.165) is 22.0 Å². The van der Waals surface area contributed by atoms with Gasteiger partial charge in [0.25, 0.3) is 0 Å². The molecule has 0 bridgehead atoms. The summed E-state index contributed by atoms with van der Waals surface area (Å²) in [6, 6.07) is 19.7. The van der Waals surface area contributed by atoms with Crippen molar-refractivity contribution in [2.75, 3.05) is 12.4 Å². The van der Waals surface area contributed by atoms with Crippen LogP contribution in [0.15, 0.2) is 59.6 Å². The summed E-state index contributed by atoms with van der Waals surface area (Å²) in [6.07, 6.45) is 0. The lowest BCUT2D eigenvalue weighted by atomic mass is 10.2. The lowest BCUT2D eigenvalue weighted by molar-refractivity contribution is 0.344. The van der Waals surface area contributed by atoms with Crippen molar-refractivity contribution >= 4 is 22.7 Å². The fourth-order valence-corrected chi connectivity index (χ4v) is 2.84. The topological polar surface area (TPSA) is 48.8 Å². The maximum atomic E-state index is 8.73. The smallest absolute Gasteiger partial charge is 0.119 e. The third kappa shape index (κ3) is 3.39. The van der Waals surface area contributed by atoms with Crippen LogP contribution in [0.3, 0.4) is 0 Å². The SMILES string of the molecule is N#Cc1ccc(OCCSc2cc3ccccc3[nH]2)cc1. The number of aromatic amines is 1. The first kappa shape index (κ1) is 13.6. The molecule has 3 aromatic rings. The molecule has 0 fully saturated rings. The van der Waals surface area contributed by atoms with Crippen LogP contribution in [0.25, 0.3) is 10.9 Å². The molecule has 21 heavy (non-hydrogen) atoms. The van der Waals surface area contributed by atoms with E-state index in [2.05, 4.69) is 29.3 Å². The van der Waals surface area contributed by atoms with Crippen LogP contribution < -0.4 is 4.74 Å². The minimum atomic E-state index is 0.631. The number of thioether (sulfide) groups is 1. The molecular weight excluding hydrogens is 280 g/mol.